The first kappa shape index (κ1) is 21.0. The number of halogens is 1. The third-order valence-electron chi connectivity index (χ3n) is 4.48. The number of carbonyl (C=O) groups is 1. The summed E-state index contributed by atoms with van der Waals surface area (Å²) in [5, 5.41) is 12.7. The van der Waals surface area contributed by atoms with Gasteiger partial charge in [0.05, 0.1) is 15.5 Å². The Kier molecular flexibility index (Phi) is 5.25. The number of nitro groups is 1. The number of hydrogen-bond acceptors (Lipinski definition) is 7. The molecule has 0 aliphatic rings. The summed E-state index contributed by atoms with van der Waals surface area (Å²) in [6.07, 6.45) is 1.76. The molecule has 0 radical (unpaired) electrons. The number of nitro benzene ring substituents is 1. The third kappa shape index (κ3) is 3.90. The van der Waals surface area contributed by atoms with Crippen LogP contribution in [0, 0.1) is 17.0 Å². The zero-order valence-electron chi connectivity index (χ0n) is 15.8. The zero-order valence-corrected chi connectivity index (χ0v) is 18.2. The Hall–Kier alpha value is -3.28. The van der Waals surface area contributed by atoms with Crippen LogP contribution in [0.4, 0.5) is 11.4 Å². The van der Waals surface area contributed by atoms with E-state index in [1.54, 1.807) is 17.5 Å². The summed E-state index contributed by atoms with van der Waals surface area (Å²) in [5.41, 5.74) is 1.09. The van der Waals surface area contributed by atoms with E-state index >= 15 is 0 Å². The van der Waals surface area contributed by atoms with Crippen molar-refractivity contribution >= 4 is 55.1 Å². The van der Waals surface area contributed by atoms with Gasteiger partial charge in [0.2, 0.25) is 5.78 Å². The summed E-state index contributed by atoms with van der Waals surface area (Å²) in [7, 11) is -4.10. The van der Waals surface area contributed by atoms with Gasteiger partial charge < -0.3 is 0 Å². The number of aromatic nitrogens is 2. The standard InChI is InChI=1S/C19H13ClN4O5S2/c1-11-17(23-8-9-30-19(23)21-11)18(25)12-2-4-13(5-3-12)22-31(28,29)14-6-7-15(20)16(10-14)24(26)27/h2-10,22H,1H3. The quantitative estimate of drug-likeness (QED) is 0.251. The van der Waals surface area contributed by atoms with Crippen molar-refractivity contribution in [1.82, 2.24) is 9.38 Å². The molecule has 0 bridgehead atoms. The summed E-state index contributed by atoms with van der Waals surface area (Å²) in [4.78, 5) is 27.9. The largest absolute Gasteiger partial charge is 0.289 e. The van der Waals surface area contributed by atoms with Crippen LogP contribution >= 0.6 is 22.9 Å². The molecule has 0 unspecified atom stereocenters. The Morgan fingerprint density at radius 3 is 2.61 bits per heavy atom. The molecule has 0 spiro atoms. The second-order valence-corrected chi connectivity index (χ2v) is 9.45. The molecular formula is C19H13ClN4O5S2. The summed E-state index contributed by atoms with van der Waals surface area (Å²) < 4.78 is 29.3. The van der Waals surface area contributed by atoms with Gasteiger partial charge in [0.15, 0.2) is 4.96 Å². The highest BCUT2D eigenvalue weighted by molar-refractivity contribution is 7.92. The maximum absolute atomic E-state index is 12.9. The van der Waals surface area contributed by atoms with Gasteiger partial charge in [0.1, 0.15) is 10.7 Å². The lowest BCUT2D eigenvalue weighted by atomic mass is 10.1. The van der Waals surface area contributed by atoms with Crippen LogP contribution in [0.3, 0.4) is 0 Å². The molecule has 2 aromatic heterocycles. The molecule has 0 saturated carbocycles. The molecule has 0 aliphatic heterocycles. The van der Waals surface area contributed by atoms with Gasteiger partial charge in [-0.25, -0.2) is 13.4 Å². The Balaban J connectivity index is 1.59. The van der Waals surface area contributed by atoms with Crippen molar-refractivity contribution in [2.24, 2.45) is 0 Å². The van der Waals surface area contributed by atoms with E-state index in [4.69, 9.17) is 11.6 Å². The van der Waals surface area contributed by atoms with Crippen LogP contribution in [-0.2, 0) is 10.0 Å². The molecule has 0 aliphatic carbocycles. The normalized spacial score (nSPS) is 11.5. The van der Waals surface area contributed by atoms with Crippen LogP contribution in [0.2, 0.25) is 5.02 Å². The molecule has 12 heteroatoms. The van der Waals surface area contributed by atoms with E-state index in [0.29, 0.717) is 21.9 Å². The number of thiazole rings is 1. The number of anilines is 1. The highest BCUT2D eigenvalue weighted by Crippen LogP contribution is 2.28. The second-order valence-electron chi connectivity index (χ2n) is 6.48. The molecule has 0 atom stereocenters. The lowest BCUT2D eigenvalue weighted by Crippen LogP contribution is -2.13. The van der Waals surface area contributed by atoms with Gasteiger partial charge >= 0.3 is 0 Å². The second kappa shape index (κ2) is 7.76. The monoisotopic (exact) mass is 476 g/mol. The van der Waals surface area contributed by atoms with Crippen molar-refractivity contribution in [1.29, 1.82) is 0 Å². The molecular weight excluding hydrogens is 464 g/mol. The number of aryl methyl sites for hydroxylation is 1. The van der Waals surface area contributed by atoms with E-state index < -0.39 is 20.6 Å². The number of imidazole rings is 1. The lowest BCUT2D eigenvalue weighted by Gasteiger charge is -2.09. The van der Waals surface area contributed by atoms with Crippen LogP contribution in [0.5, 0.6) is 0 Å². The van der Waals surface area contributed by atoms with Gasteiger partial charge in [0, 0.05) is 28.9 Å². The third-order valence-corrected chi connectivity index (χ3v) is 6.93. The number of rotatable bonds is 6. The topological polar surface area (TPSA) is 124 Å². The van der Waals surface area contributed by atoms with Gasteiger partial charge in [-0.3, -0.25) is 24.0 Å². The summed E-state index contributed by atoms with van der Waals surface area (Å²) in [6.45, 7) is 1.75. The maximum Gasteiger partial charge on any atom is 0.289 e. The molecule has 0 fully saturated rings. The minimum atomic E-state index is -4.10. The first-order valence-electron chi connectivity index (χ1n) is 8.71. The predicted molar refractivity (Wildman–Crippen MR) is 117 cm³/mol. The van der Waals surface area contributed by atoms with Crippen LogP contribution in [0.25, 0.3) is 4.96 Å². The van der Waals surface area contributed by atoms with Gasteiger partial charge in [-0.05, 0) is 43.3 Å². The van der Waals surface area contributed by atoms with Crippen LogP contribution in [0.15, 0.2) is 58.9 Å². The molecule has 1 N–H and O–H groups in total. The van der Waals surface area contributed by atoms with E-state index in [2.05, 4.69) is 9.71 Å². The Labute approximate surface area is 185 Å². The van der Waals surface area contributed by atoms with Gasteiger partial charge in [-0.15, -0.1) is 11.3 Å². The fourth-order valence-corrected chi connectivity index (χ4v) is 5.03. The minimum absolute atomic E-state index is 0.165. The average molecular weight is 477 g/mol. The molecule has 158 valence electrons. The van der Waals surface area contributed by atoms with E-state index in [1.165, 1.54) is 41.7 Å². The fraction of sp³-hybridized carbons (Fsp3) is 0.0526. The number of ketones is 1. The van der Waals surface area contributed by atoms with Crippen molar-refractivity contribution in [2.75, 3.05) is 4.72 Å². The Morgan fingerprint density at radius 2 is 1.94 bits per heavy atom. The molecule has 31 heavy (non-hydrogen) atoms. The van der Waals surface area contributed by atoms with E-state index in [1.807, 2.05) is 5.38 Å². The number of benzene rings is 2. The minimum Gasteiger partial charge on any atom is -0.287 e. The summed E-state index contributed by atoms with van der Waals surface area (Å²) in [6, 6.07) is 9.08. The van der Waals surface area contributed by atoms with Crippen molar-refractivity contribution in [3.8, 4) is 0 Å². The number of nitrogens with zero attached hydrogens (tertiary/aromatic N) is 3. The molecule has 9 nitrogen and oxygen atoms in total. The highest BCUT2D eigenvalue weighted by atomic mass is 35.5. The summed E-state index contributed by atoms with van der Waals surface area (Å²) in [5.74, 6) is -0.244. The van der Waals surface area contributed by atoms with Gasteiger partial charge in [-0.1, -0.05) is 11.6 Å². The molecule has 0 saturated heterocycles. The number of nitrogens with one attached hydrogen (secondary N) is 1. The van der Waals surface area contributed by atoms with Gasteiger partial charge in [0.25, 0.3) is 15.7 Å². The predicted octanol–water partition coefficient (Wildman–Crippen LogP) is 4.30. The molecule has 0 amide bonds. The molecule has 2 heterocycles. The van der Waals surface area contributed by atoms with Crippen LogP contribution in [-0.4, -0.2) is 28.5 Å². The molecule has 4 aromatic rings. The summed E-state index contributed by atoms with van der Waals surface area (Å²) >= 11 is 7.15. The first-order valence-corrected chi connectivity index (χ1v) is 11.4. The van der Waals surface area contributed by atoms with E-state index in [0.717, 1.165) is 12.1 Å². The first-order chi connectivity index (χ1) is 14.7. The molecule has 2 aromatic carbocycles. The fourth-order valence-electron chi connectivity index (χ4n) is 3.01. The van der Waals surface area contributed by atoms with Crippen molar-refractivity contribution in [3.63, 3.8) is 0 Å². The Morgan fingerprint density at radius 1 is 1.23 bits per heavy atom. The van der Waals surface area contributed by atoms with Gasteiger partial charge in [-0.2, -0.15) is 0 Å². The number of sulfonamides is 1. The van der Waals surface area contributed by atoms with Crippen molar-refractivity contribution in [2.45, 2.75) is 11.8 Å². The lowest BCUT2D eigenvalue weighted by molar-refractivity contribution is -0.384. The van der Waals surface area contributed by atoms with Crippen molar-refractivity contribution < 1.29 is 18.1 Å². The average Bonchev–Trinajstić information content (AvgIpc) is 3.27. The molecule has 4 rings (SSSR count). The van der Waals surface area contributed by atoms with Crippen LogP contribution in [0.1, 0.15) is 21.7 Å². The van der Waals surface area contributed by atoms with Crippen molar-refractivity contribution in [3.05, 3.63) is 86.1 Å². The zero-order chi connectivity index (χ0) is 22.3. The maximum atomic E-state index is 12.9. The van der Waals surface area contributed by atoms with Crippen LogP contribution < -0.4 is 4.72 Å². The van der Waals surface area contributed by atoms with E-state index in [-0.39, 0.29) is 21.4 Å². The Bertz CT molecular complexity index is 1440. The smallest absolute Gasteiger partial charge is 0.287 e. The number of fused-ring (bicyclic) bond motifs is 1. The number of hydrogen-bond donors (Lipinski definition) is 1. The SMILES string of the molecule is Cc1nc2sccn2c1C(=O)c1ccc(NS(=O)(=O)c2ccc(Cl)c([N+](=O)[O-])c2)cc1. The highest BCUT2D eigenvalue weighted by Gasteiger charge is 2.22. The number of carbonyl (C=O) groups excluding carboxylic acids is 1. The van der Waals surface area contributed by atoms with E-state index in [9.17, 15) is 23.3 Å².